The Morgan fingerprint density at radius 1 is 1.16 bits per heavy atom. The van der Waals surface area contributed by atoms with E-state index in [0.717, 1.165) is 17.7 Å². The Morgan fingerprint density at radius 3 is 2.68 bits per heavy atom. The number of hydrogen-bond acceptors (Lipinski definition) is 3. The summed E-state index contributed by atoms with van der Waals surface area (Å²) in [6.45, 7) is 2.68. The molecule has 1 heterocycles. The van der Waals surface area contributed by atoms with Gasteiger partial charge in [0.1, 0.15) is 0 Å². The van der Waals surface area contributed by atoms with E-state index in [1.54, 1.807) is 13.2 Å². The molecule has 0 bridgehead atoms. The summed E-state index contributed by atoms with van der Waals surface area (Å²) in [5, 5.41) is 0. The molecule has 0 aliphatic heterocycles. The van der Waals surface area contributed by atoms with Crippen molar-refractivity contribution in [1.29, 1.82) is 0 Å². The van der Waals surface area contributed by atoms with E-state index in [-0.39, 0.29) is 5.56 Å². The van der Waals surface area contributed by atoms with Gasteiger partial charge in [0.2, 0.25) is 5.56 Å². The summed E-state index contributed by atoms with van der Waals surface area (Å²) in [6, 6.07) is 10.7. The Balaban J connectivity index is 2.39. The fourth-order valence-electron chi connectivity index (χ4n) is 1.79. The summed E-state index contributed by atoms with van der Waals surface area (Å²) in [7, 11) is 1.61. The third-order valence-electron chi connectivity index (χ3n) is 2.70. The number of benzene rings is 1. The van der Waals surface area contributed by atoms with Gasteiger partial charge in [-0.25, -0.2) is 0 Å². The van der Waals surface area contributed by atoms with Crippen LogP contribution < -0.4 is 15.0 Å². The first-order valence-corrected chi connectivity index (χ1v) is 6.25. The van der Waals surface area contributed by atoms with Gasteiger partial charge in [-0.15, -0.1) is 0 Å². The van der Waals surface area contributed by atoms with Gasteiger partial charge >= 0.3 is 0 Å². The molecule has 2 rings (SSSR count). The maximum absolute atomic E-state index is 11.3. The molecule has 19 heavy (non-hydrogen) atoms. The standard InChI is InChI=1S/C15H17NO3/c1-3-9-19-14-10-11(7-8-13(14)18-2)12-5-4-6-15(17)16-12/h4-8,10H,3,9H2,1-2H3,(H,16,17). The highest BCUT2D eigenvalue weighted by molar-refractivity contribution is 5.63. The van der Waals surface area contributed by atoms with Crippen LogP contribution in [0, 0.1) is 0 Å². The van der Waals surface area contributed by atoms with E-state index >= 15 is 0 Å². The van der Waals surface area contributed by atoms with Crippen molar-refractivity contribution in [3.05, 3.63) is 46.8 Å². The van der Waals surface area contributed by atoms with Crippen LogP contribution in [0.4, 0.5) is 0 Å². The van der Waals surface area contributed by atoms with Gasteiger partial charge in [-0.3, -0.25) is 4.79 Å². The third kappa shape index (κ3) is 3.16. The molecule has 1 aromatic carbocycles. The number of H-pyrrole nitrogens is 1. The summed E-state index contributed by atoms with van der Waals surface area (Å²) < 4.78 is 10.9. The molecular formula is C15H17NO3. The number of aromatic amines is 1. The zero-order valence-corrected chi connectivity index (χ0v) is 11.1. The Labute approximate surface area is 112 Å². The van der Waals surface area contributed by atoms with E-state index in [4.69, 9.17) is 9.47 Å². The SMILES string of the molecule is CCCOc1cc(-c2cccc(=O)[nH]2)ccc1OC. The molecule has 1 N–H and O–H groups in total. The Hall–Kier alpha value is -2.23. The number of ether oxygens (including phenoxy) is 2. The van der Waals surface area contributed by atoms with E-state index in [2.05, 4.69) is 4.98 Å². The third-order valence-corrected chi connectivity index (χ3v) is 2.70. The van der Waals surface area contributed by atoms with Gasteiger partial charge in [-0.2, -0.15) is 0 Å². The van der Waals surface area contributed by atoms with E-state index in [1.807, 2.05) is 31.2 Å². The van der Waals surface area contributed by atoms with Crippen molar-refractivity contribution in [2.45, 2.75) is 13.3 Å². The highest BCUT2D eigenvalue weighted by atomic mass is 16.5. The monoisotopic (exact) mass is 259 g/mol. The molecule has 0 fully saturated rings. The molecule has 0 atom stereocenters. The average Bonchev–Trinajstić information content (AvgIpc) is 2.44. The highest BCUT2D eigenvalue weighted by Gasteiger charge is 2.07. The van der Waals surface area contributed by atoms with Crippen molar-refractivity contribution in [1.82, 2.24) is 4.98 Å². The molecule has 0 saturated heterocycles. The maximum Gasteiger partial charge on any atom is 0.248 e. The molecule has 4 heteroatoms. The van der Waals surface area contributed by atoms with Crippen LogP contribution in [0.1, 0.15) is 13.3 Å². The number of rotatable bonds is 5. The topological polar surface area (TPSA) is 51.3 Å². The largest absolute Gasteiger partial charge is 0.493 e. The van der Waals surface area contributed by atoms with Crippen LogP contribution in [-0.2, 0) is 0 Å². The highest BCUT2D eigenvalue weighted by Crippen LogP contribution is 2.31. The lowest BCUT2D eigenvalue weighted by Gasteiger charge is -2.11. The van der Waals surface area contributed by atoms with Crippen LogP contribution in [0.3, 0.4) is 0 Å². The van der Waals surface area contributed by atoms with Crippen molar-refractivity contribution < 1.29 is 9.47 Å². The minimum absolute atomic E-state index is 0.121. The fraction of sp³-hybridized carbons (Fsp3) is 0.267. The van der Waals surface area contributed by atoms with Crippen LogP contribution in [-0.4, -0.2) is 18.7 Å². The Kier molecular flexibility index (Phi) is 4.23. The second-order valence-corrected chi connectivity index (χ2v) is 4.14. The number of nitrogens with one attached hydrogen (secondary N) is 1. The summed E-state index contributed by atoms with van der Waals surface area (Å²) in [4.78, 5) is 14.1. The van der Waals surface area contributed by atoms with Crippen molar-refractivity contribution in [2.24, 2.45) is 0 Å². The first-order valence-electron chi connectivity index (χ1n) is 6.25. The van der Waals surface area contributed by atoms with Crippen LogP contribution in [0.2, 0.25) is 0 Å². The molecule has 1 aromatic heterocycles. The van der Waals surface area contributed by atoms with Crippen molar-refractivity contribution in [2.75, 3.05) is 13.7 Å². The first-order chi connectivity index (χ1) is 9.24. The summed E-state index contributed by atoms with van der Waals surface area (Å²) >= 11 is 0. The second kappa shape index (κ2) is 6.09. The summed E-state index contributed by atoms with van der Waals surface area (Å²) in [6.07, 6.45) is 0.926. The quantitative estimate of drug-likeness (QED) is 0.898. The Morgan fingerprint density at radius 2 is 2.00 bits per heavy atom. The normalized spacial score (nSPS) is 10.2. The van der Waals surface area contributed by atoms with E-state index in [0.29, 0.717) is 18.1 Å². The van der Waals surface area contributed by atoms with Gasteiger partial charge in [0.05, 0.1) is 13.7 Å². The van der Waals surface area contributed by atoms with Crippen LogP contribution in [0.15, 0.2) is 41.2 Å². The predicted molar refractivity (Wildman–Crippen MR) is 74.8 cm³/mol. The number of aromatic nitrogens is 1. The van der Waals surface area contributed by atoms with Crippen LogP contribution >= 0.6 is 0 Å². The first kappa shape index (κ1) is 13.2. The molecule has 0 unspecified atom stereocenters. The van der Waals surface area contributed by atoms with E-state index < -0.39 is 0 Å². The fourth-order valence-corrected chi connectivity index (χ4v) is 1.79. The lowest BCUT2D eigenvalue weighted by molar-refractivity contribution is 0.294. The van der Waals surface area contributed by atoms with Gasteiger partial charge in [0, 0.05) is 17.3 Å². The zero-order valence-electron chi connectivity index (χ0n) is 11.1. The maximum atomic E-state index is 11.3. The summed E-state index contributed by atoms with van der Waals surface area (Å²) in [5.41, 5.74) is 1.53. The van der Waals surface area contributed by atoms with E-state index in [9.17, 15) is 4.79 Å². The molecule has 0 aliphatic rings. The van der Waals surface area contributed by atoms with Gasteiger partial charge in [-0.1, -0.05) is 13.0 Å². The summed E-state index contributed by atoms with van der Waals surface area (Å²) in [5.74, 6) is 1.38. The lowest BCUT2D eigenvalue weighted by atomic mass is 10.1. The van der Waals surface area contributed by atoms with Crippen molar-refractivity contribution in [3.63, 3.8) is 0 Å². The van der Waals surface area contributed by atoms with Gasteiger partial charge in [-0.05, 0) is 30.7 Å². The van der Waals surface area contributed by atoms with Crippen molar-refractivity contribution >= 4 is 0 Å². The Bertz CT molecular complexity index is 604. The molecule has 2 aromatic rings. The van der Waals surface area contributed by atoms with Gasteiger partial charge in [0.15, 0.2) is 11.5 Å². The molecule has 0 radical (unpaired) electrons. The second-order valence-electron chi connectivity index (χ2n) is 4.14. The minimum atomic E-state index is -0.121. The molecule has 0 spiro atoms. The van der Waals surface area contributed by atoms with Gasteiger partial charge < -0.3 is 14.5 Å². The smallest absolute Gasteiger partial charge is 0.248 e. The van der Waals surface area contributed by atoms with E-state index in [1.165, 1.54) is 6.07 Å². The average molecular weight is 259 g/mol. The number of hydrogen-bond donors (Lipinski definition) is 1. The van der Waals surface area contributed by atoms with Crippen LogP contribution in [0.5, 0.6) is 11.5 Å². The molecule has 100 valence electrons. The molecular weight excluding hydrogens is 242 g/mol. The zero-order chi connectivity index (χ0) is 13.7. The molecule has 4 nitrogen and oxygen atoms in total. The lowest BCUT2D eigenvalue weighted by Crippen LogP contribution is -2.04. The molecule has 0 aliphatic carbocycles. The predicted octanol–water partition coefficient (Wildman–Crippen LogP) is 2.84. The van der Waals surface area contributed by atoms with Crippen molar-refractivity contribution in [3.8, 4) is 22.8 Å². The number of methoxy groups -OCH3 is 1. The van der Waals surface area contributed by atoms with Gasteiger partial charge in [0.25, 0.3) is 0 Å². The minimum Gasteiger partial charge on any atom is -0.493 e. The number of pyridine rings is 1. The molecule has 0 saturated carbocycles. The molecule has 0 amide bonds. The van der Waals surface area contributed by atoms with Crippen LogP contribution in [0.25, 0.3) is 11.3 Å².